The van der Waals surface area contributed by atoms with E-state index < -0.39 is 15.6 Å². The van der Waals surface area contributed by atoms with Crippen molar-refractivity contribution in [2.75, 3.05) is 52.3 Å². The second-order valence-electron chi connectivity index (χ2n) is 6.40. The quantitative estimate of drug-likeness (QED) is 0.802. The van der Waals surface area contributed by atoms with Gasteiger partial charge in [0.15, 0.2) is 0 Å². The van der Waals surface area contributed by atoms with E-state index in [4.69, 9.17) is 9.47 Å². The summed E-state index contributed by atoms with van der Waals surface area (Å²) in [5, 5.41) is 0. The molecule has 2 saturated heterocycles. The topological polar surface area (TPSA) is 59.1 Å². The van der Waals surface area contributed by atoms with Gasteiger partial charge in [-0.15, -0.1) is 11.3 Å². The van der Waals surface area contributed by atoms with Crippen molar-refractivity contribution in [1.29, 1.82) is 0 Å². The minimum absolute atomic E-state index is 0.367. The van der Waals surface area contributed by atoms with Crippen LogP contribution in [0.4, 0.5) is 0 Å². The average Bonchev–Trinajstić information content (AvgIpc) is 2.75. The van der Waals surface area contributed by atoms with Gasteiger partial charge in [-0.2, -0.15) is 4.31 Å². The maximum Gasteiger partial charge on any atom is 0.211 e. The summed E-state index contributed by atoms with van der Waals surface area (Å²) in [7, 11) is -3.24. The molecule has 23 heavy (non-hydrogen) atoms. The Kier molecular flexibility index (Phi) is 5.10. The molecule has 6 nitrogen and oxygen atoms in total. The standard InChI is InChI=1S/C15H24N2O4S2/c1-13-3-4-14(22-13)9-16-5-8-21-15(10-16)11-17(23(2,18)19)6-7-20-12-15/h3-4H,5-12H2,1-2H3. The molecule has 0 saturated carbocycles. The molecule has 0 aliphatic carbocycles. The van der Waals surface area contributed by atoms with E-state index >= 15 is 0 Å². The van der Waals surface area contributed by atoms with E-state index in [2.05, 4.69) is 24.0 Å². The fourth-order valence-corrected chi connectivity index (χ4v) is 4.99. The first-order valence-corrected chi connectivity index (χ1v) is 10.5. The normalized spacial score (nSPS) is 28.1. The number of aryl methyl sites for hydroxylation is 1. The van der Waals surface area contributed by atoms with Crippen LogP contribution in [0.3, 0.4) is 0 Å². The van der Waals surface area contributed by atoms with Crippen LogP contribution in [0, 0.1) is 6.92 Å². The summed E-state index contributed by atoms with van der Waals surface area (Å²) in [5.74, 6) is 0. The van der Waals surface area contributed by atoms with Crippen LogP contribution >= 0.6 is 11.3 Å². The molecule has 8 heteroatoms. The summed E-state index contributed by atoms with van der Waals surface area (Å²) < 4.78 is 37.0. The maximum atomic E-state index is 11.9. The van der Waals surface area contributed by atoms with Crippen molar-refractivity contribution < 1.29 is 17.9 Å². The van der Waals surface area contributed by atoms with Crippen molar-refractivity contribution in [1.82, 2.24) is 9.21 Å². The van der Waals surface area contributed by atoms with Crippen molar-refractivity contribution in [2.45, 2.75) is 19.1 Å². The Morgan fingerprint density at radius 2 is 2.09 bits per heavy atom. The Labute approximate surface area is 142 Å². The molecule has 1 spiro atoms. The highest BCUT2D eigenvalue weighted by Crippen LogP contribution is 2.26. The fourth-order valence-electron chi connectivity index (χ4n) is 3.19. The first-order valence-electron chi connectivity index (χ1n) is 7.81. The SMILES string of the molecule is Cc1ccc(CN2CCOC3(COCCN(S(C)(=O)=O)C3)C2)s1. The maximum absolute atomic E-state index is 11.9. The first-order chi connectivity index (χ1) is 10.9. The third kappa shape index (κ3) is 4.32. The molecule has 2 aliphatic heterocycles. The third-order valence-electron chi connectivity index (χ3n) is 4.29. The number of nitrogens with zero attached hydrogens (tertiary/aromatic N) is 2. The third-order valence-corrected chi connectivity index (χ3v) is 6.52. The lowest BCUT2D eigenvalue weighted by Crippen LogP contribution is -2.58. The smallest absolute Gasteiger partial charge is 0.211 e. The second-order valence-corrected chi connectivity index (χ2v) is 9.76. The predicted octanol–water partition coefficient (Wildman–Crippen LogP) is 0.919. The summed E-state index contributed by atoms with van der Waals surface area (Å²) in [6, 6.07) is 4.30. The van der Waals surface area contributed by atoms with E-state index in [1.165, 1.54) is 20.3 Å². The van der Waals surface area contributed by atoms with Crippen molar-refractivity contribution in [3.63, 3.8) is 0 Å². The average molecular weight is 361 g/mol. The number of morpholine rings is 1. The molecule has 1 unspecified atom stereocenters. The minimum atomic E-state index is -3.24. The monoisotopic (exact) mass is 360 g/mol. The highest BCUT2D eigenvalue weighted by atomic mass is 32.2. The van der Waals surface area contributed by atoms with E-state index in [1.807, 2.05) is 0 Å². The molecule has 1 aromatic heterocycles. The summed E-state index contributed by atoms with van der Waals surface area (Å²) >= 11 is 1.81. The van der Waals surface area contributed by atoms with Crippen LogP contribution in [0.5, 0.6) is 0 Å². The fraction of sp³-hybridized carbons (Fsp3) is 0.733. The molecule has 1 atom stereocenters. The van der Waals surface area contributed by atoms with Gasteiger partial charge >= 0.3 is 0 Å². The van der Waals surface area contributed by atoms with Gasteiger partial charge in [0.2, 0.25) is 10.0 Å². The van der Waals surface area contributed by atoms with Gasteiger partial charge in [0.05, 0.1) is 26.1 Å². The zero-order valence-electron chi connectivity index (χ0n) is 13.7. The number of hydrogen-bond acceptors (Lipinski definition) is 6. The summed E-state index contributed by atoms with van der Waals surface area (Å²) in [5.41, 5.74) is -0.565. The van der Waals surface area contributed by atoms with Gasteiger partial charge in [-0.05, 0) is 19.1 Å². The Morgan fingerprint density at radius 1 is 1.26 bits per heavy atom. The van der Waals surface area contributed by atoms with E-state index in [-0.39, 0.29) is 0 Å². The van der Waals surface area contributed by atoms with Crippen LogP contribution in [0.15, 0.2) is 12.1 Å². The second kappa shape index (κ2) is 6.78. The molecule has 130 valence electrons. The number of sulfonamides is 1. The van der Waals surface area contributed by atoms with Gasteiger partial charge < -0.3 is 9.47 Å². The first kappa shape index (κ1) is 17.3. The van der Waals surface area contributed by atoms with Crippen molar-refractivity contribution in [3.8, 4) is 0 Å². The summed E-state index contributed by atoms with van der Waals surface area (Å²) in [4.78, 5) is 4.97. The zero-order valence-corrected chi connectivity index (χ0v) is 15.3. The Morgan fingerprint density at radius 3 is 2.78 bits per heavy atom. The molecule has 0 N–H and O–H groups in total. The molecular weight excluding hydrogens is 336 g/mol. The molecule has 0 bridgehead atoms. The van der Waals surface area contributed by atoms with Crippen molar-refractivity contribution in [2.24, 2.45) is 0 Å². The van der Waals surface area contributed by atoms with Crippen molar-refractivity contribution >= 4 is 21.4 Å². The summed E-state index contributed by atoms with van der Waals surface area (Å²) in [6.45, 7) is 6.76. The number of rotatable bonds is 3. The van der Waals surface area contributed by atoms with E-state index in [0.29, 0.717) is 39.5 Å². The van der Waals surface area contributed by atoms with Crippen LogP contribution < -0.4 is 0 Å². The highest BCUT2D eigenvalue weighted by Gasteiger charge is 2.42. The molecule has 3 rings (SSSR count). The van der Waals surface area contributed by atoms with Gasteiger partial charge in [0.1, 0.15) is 5.60 Å². The molecule has 1 aromatic rings. The molecular formula is C15H24N2O4S2. The Hall–Kier alpha value is -0.510. The van der Waals surface area contributed by atoms with E-state index in [1.54, 1.807) is 11.3 Å². The van der Waals surface area contributed by atoms with Gasteiger partial charge in [0, 0.05) is 42.5 Å². The number of hydrogen-bond donors (Lipinski definition) is 0. The van der Waals surface area contributed by atoms with Crippen LogP contribution in [0.1, 0.15) is 9.75 Å². The Bertz CT molecular complexity index is 646. The lowest BCUT2D eigenvalue weighted by Gasteiger charge is -2.42. The lowest BCUT2D eigenvalue weighted by molar-refractivity contribution is -0.139. The van der Waals surface area contributed by atoms with E-state index in [0.717, 1.165) is 13.1 Å². The van der Waals surface area contributed by atoms with Gasteiger partial charge in [-0.1, -0.05) is 0 Å². The van der Waals surface area contributed by atoms with Crippen LogP contribution in [0.25, 0.3) is 0 Å². The van der Waals surface area contributed by atoms with Gasteiger partial charge in [-0.25, -0.2) is 8.42 Å². The molecule has 0 amide bonds. The van der Waals surface area contributed by atoms with Crippen LogP contribution in [-0.2, 0) is 26.0 Å². The molecule has 3 heterocycles. The van der Waals surface area contributed by atoms with Gasteiger partial charge in [0.25, 0.3) is 0 Å². The molecule has 0 radical (unpaired) electrons. The van der Waals surface area contributed by atoms with Crippen LogP contribution in [-0.4, -0.2) is 75.5 Å². The zero-order chi connectivity index (χ0) is 16.5. The minimum Gasteiger partial charge on any atom is -0.377 e. The predicted molar refractivity (Wildman–Crippen MR) is 90.3 cm³/mol. The van der Waals surface area contributed by atoms with E-state index in [9.17, 15) is 8.42 Å². The summed E-state index contributed by atoms with van der Waals surface area (Å²) in [6.07, 6.45) is 1.25. The number of ether oxygens (including phenoxy) is 2. The van der Waals surface area contributed by atoms with Crippen molar-refractivity contribution in [3.05, 3.63) is 21.9 Å². The largest absolute Gasteiger partial charge is 0.377 e. The lowest BCUT2D eigenvalue weighted by atomic mass is 10.0. The molecule has 0 aromatic carbocycles. The van der Waals surface area contributed by atoms with Crippen LogP contribution in [0.2, 0.25) is 0 Å². The van der Waals surface area contributed by atoms with Gasteiger partial charge in [-0.3, -0.25) is 4.90 Å². The molecule has 2 fully saturated rings. The number of thiophene rings is 1. The molecule has 2 aliphatic rings. The highest BCUT2D eigenvalue weighted by molar-refractivity contribution is 7.88. The Balaban J connectivity index is 1.72.